The highest BCUT2D eigenvalue weighted by Gasteiger charge is 2.40. The van der Waals surface area contributed by atoms with Crippen molar-refractivity contribution in [3.05, 3.63) is 57.1 Å². The lowest BCUT2D eigenvalue weighted by molar-refractivity contribution is -0.137. The van der Waals surface area contributed by atoms with Crippen LogP contribution >= 0.6 is 22.6 Å². The molecule has 3 unspecified atom stereocenters. The van der Waals surface area contributed by atoms with Crippen LogP contribution in [0.2, 0.25) is 0 Å². The van der Waals surface area contributed by atoms with E-state index >= 15 is 0 Å². The van der Waals surface area contributed by atoms with Crippen LogP contribution in [0.3, 0.4) is 0 Å². The van der Waals surface area contributed by atoms with Crippen LogP contribution in [0.4, 0.5) is 0 Å². The van der Waals surface area contributed by atoms with Gasteiger partial charge in [-0.15, -0.1) is 0 Å². The molecule has 3 rings (SSSR count). The number of methoxy groups -OCH3 is 1. The molecule has 2 aromatic rings. The van der Waals surface area contributed by atoms with Crippen molar-refractivity contribution >= 4 is 34.4 Å². The quantitative estimate of drug-likeness (QED) is 0.300. The summed E-state index contributed by atoms with van der Waals surface area (Å²) in [5.74, 6) is -0.0125. The third-order valence-electron chi connectivity index (χ3n) is 5.68. The van der Waals surface area contributed by atoms with E-state index in [9.17, 15) is 19.8 Å². The number of aliphatic hydroxyl groups excluding tert-OH is 3. The van der Waals surface area contributed by atoms with Gasteiger partial charge in [0.05, 0.1) is 42.5 Å². The average molecular weight is 600 g/mol. The highest BCUT2D eigenvalue weighted by atomic mass is 127. The maximum Gasteiger partial charge on any atom is 0.247 e. The fourth-order valence-corrected chi connectivity index (χ4v) is 4.73. The molecule has 0 saturated carbocycles. The molecule has 3 atom stereocenters. The molecule has 2 amide bonds. The fraction of sp³-hybridized carbons (Fsp3) is 0.417. The molecule has 0 radical (unpaired) electrons. The Morgan fingerprint density at radius 3 is 2.66 bits per heavy atom. The highest BCUT2D eigenvalue weighted by molar-refractivity contribution is 14.1. The van der Waals surface area contributed by atoms with E-state index in [2.05, 4.69) is 5.32 Å². The largest absolute Gasteiger partial charge is 0.493 e. The Balaban J connectivity index is 1.98. The van der Waals surface area contributed by atoms with E-state index in [1.54, 1.807) is 18.2 Å². The number of hydrogen-bond donors (Lipinski definition) is 4. The maximum atomic E-state index is 12.8. The van der Waals surface area contributed by atoms with E-state index in [0.29, 0.717) is 26.2 Å². The number of aliphatic hydroxyl groups is 3. The van der Waals surface area contributed by atoms with Gasteiger partial charge < -0.3 is 39.4 Å². The van der Waals surface area contributed by atoms with Crippen molar-refractivity contribution in [3.63, 3.8) is 0 Å². The molecule has 0 spiro atoms. The van der Waals surface area contributed by atoms with Crippen LogP contribution in [0.5, 0.6) is 11.5 Å². The molecule has 11 heteroatoms. The van der Waals surface area contributed by atoms with Crippen molar-refractivity contribution in [2.24, 2.45) is 0 Å². The van der Waals surface area contributed by atoms with Crippen LogP contribution in [0.1, 0.15) is 24.5 Å². The number of carbonyl (C=O) groups is 2. The van der Waals surface area contributed by atoms with Gasteiger partial charge in [0.25, 0.3) is 0 Å². The lowest BCUT2D eigenvalue weighted by Crippen LogP contribution is -2.54. The Kier molecular flexibility index (Phi) is 9.55. The summed E-state index contributed by atoms with van der Waals surface area (Å²) < 4.78 is 17.4. The average Bonchev–Trinajstić information content (AvgIpc) is 3.36. The second-order valence-electron chi connectivity index (χ2n) is 8.06. The monoisotopic (exact) mass is 600 g/mol. The second-order valence-corrected chi connectivity index (χ2v) is 9.22. The third-order valence-corrected chi connectivity index (χ3v) is 6.48. The summed E-state index contributed by atoms with van der Waals surface area (Å²) in [6.45, 7) is 1.23. The first-order chi connectivity index (χ1) is 16.8. The molecule has 0 fully saturated rings. The Hall–Kier alpha value is -2.61. The maximum absolute atomic E-state index is 12.8. The Morgan fingerprint density at radius 2 is 2.06 bits per heavy atom. The van der Waals surface area contributed by atoms with Gasteiger partial charge in [0.15, 0.2) is 11.5 Å². The molecule has 1 aliphatic carbocycles. The van der Waals surface area contributed by atoms with Gasteiger partial charge in [-0.1, -0.05) is 0 Å². The van der Waals surface area contributed by atoms with Crippen molar-refractivity contribution in [1.82, 2.24) is 10.2 Å². The van der Waals surface area contributed by atoms with E-state index in [1.165, 1.54) is 37.5 Å². The molecule has 0 saturated heterocycles. The number of halogens is 1. The van der Waals surface area contributed by atoms with Gasteiger partial charge in [0.1, 0.15) is 12.2 Å². The van der Waals surface area contributed by atoms with E-state index in [1.807, 2.05) is 22.6 Å². The topological polar surface area (TPSA) is 142 Å². The van der Waals surface area contributed by atoms with Crippen LogP contribution in [-0.2, 0) is 22.7 Å². The van der Waals surface area contributed by atoms with Gasteiger partial charge in [-0.25, -0.2) is 0 Å². The molecule has 1 aromatic heterocycles. The highest BCUT2D eigenvalue weighted by Crippen LogP contribution is 2.37. The predicted molar refractivity (Wildman–Crippen MR) is 134 cm³/mol. The number of ether oxygens (including phenoxy) is 2. The predicted octanol–water partition coefficient (Wildman–Crippen LogP) is 1.35. The van der Waals surface area contributed by atoms with Gasteiger partial charge in [-0.2, -0.15) is 0 Å². The Bertz CT molecular complexity index is 1060. The van der Waals surface area contributed by atoms with Crippen molar-refractivity contribution in [3.8, 4) is 11.5 Å². The first-order valence-electron chi connectivity index (χ1n) is 11.0. The zero-order chi connectivity index (χ0) is 25.5. The minimum Gasteiger partial charge on any atom is -0.493 e. The number of benzene rings is 1. The van der Waals surface area contributed by atoms with Gasteiger partial charge in [0.2, 0.25) is 11.8 Å². The molecular formula is C24H29IN2O8. The molecular weight excluding hydrogens is 571 g/mol. The third kappa shape index (κ3) is 6.54. The number of furan rings is 1. The zero-order valence-corrected chi connectivity index (χ0v) is 21.6. The van der Waals surface area contributed by atoms with Gasteiger partial charge in [-0.05, 0) is 52.4 Å². The number of nitrogens with one attached hydrogen (secondary N) is 1. The summed E-state index contributed by atoms with van der Waals surface area (Å²) >= 11 is 2.04. The van der Waals surface area contributed by atoms with Gasteiger partial charge >= 0.3 is 0 Å². The minimum absolute atomic E-state index is 0.0642. The van der Waals surface area contributed by atoms with Crippen LogP contribution in [0.25, 0.3) is 0 Å². The summed E-state index contributed by atoms with van der Waals surface area (Å²) in [6, 6.07) is 4.31. The molecule has 1 aliphatic rings. The lowest BCUT2D eigenvalue weighted by Gasteiger charge is -2.40. The Morgan fingerprint density at radius 1 is 1.29 bits per heavy atom. The molecule has 0 aliphatic heterocycles. The molecule has 35 heavy (non-hydrogen) atoms. The number of hydrogen-bond acceptors (Lipinski definition) is 8. The molecule has 1 aromatic carbocycles. The number of amides is 2. The minimum atomic E-state index is -1.17. The van der Waals surface area contributed by atoms with Crippen molar-refractivity contribution in [1.29, 1.82) is 0 Å². The molecule has 190 valence electrons. The number of nitrogens with zero attached hydrogens (tertiary/aromatic N) is 1. The van der Waals surface area contributed by atoms with Gasteiger partial charge in [-0.3, -0.25) is 9.59 Å². The summed E-state index contributed by atoms with van der Waals surface area (Å²) in [4.78, 5) is 26.9. The normalized spacial score (nSPS) is 19.6. The number of rotatable bonds is 10. The molecule has 10 nitrogen and oxygen atoms in total. The number of carbonyl (C=O) groups excluding carboxylic acids is 2. The summed E-state index contributed by atoms with van der Waals surface area (Å²) in [5.41, 5.74) is 1.68. The smallest absolute Gasteiger partial charge is 0.247 e. The molecule has 4 N–H and O–H groups in total. The van der Waals surface area contributed by atoms with E-state index in [0.717, 1.165) is 5.56 Å². The Labute approximate surface area is 216 Å². The summed E-state index contributed by atoms with van der Waals surface area (Å²) in [6.07, 6.45) is 2.47. The van der Waals surface area contributed by atoms with Crippen molar-refractivity contribution in [2.75, 3.05) is 20.3 Å². The summed E-state index contributed by atoms with van der Waals surface area (Å²) in [7, 11) is 1.46. The summed E-state index contributed by atoms with van der Waals surface area (Å²) in [5, 5.41) is 32.5. The zero-order valence-electron chi connectivity index (χ0n) is 19.4. The first kappa shape index (κ1) is 27.0. The lowest BCUT2D eigenvalue weighted by atomic mass is 9.88. The first-order valence-corrected chi connectivity index (χ1v) is 12.1. The van der Waals surface area contributed by atoms with Crippen molar-refractivity contribution in [2.45, 2.75) is 44.7 Å². The second kappa shape index (κ2) is 12.4. The standard InChI is InChI=1S/C24H29IN2O8/c1-14(30)27(11-15-3-6-34-13-15)19-9-17(24(32)26-4-5-28)10-20(22(19)31)35-23-18(25)7-16(12-29)8-21(23)33-2/h3,6-8,10,13,19-20,22,28-29,31H,4-5,9,11-12H2,1-2H3,(H,26,32). The molecule has 0 bridgehead atoms. The fourth-order valence-electron chi connectivity index (χ4n) is 3.94. The van der Waals surface area contributed by atoms with Crippen LogP contribution in [0, 0.1) is 3.57 Å². The van der Waals surface area contributed by atoms with Crippen LogP contribution in [-0.4, -0.2) is 70.5 Å². The van der Waals surface area contributed by atoms with E-state index in [-0.39, 0.29) is 38.6 Å². The SMILES string of the molecule is COc1cc(CO)cc(I)c1OC1C=C(C(=O)NCCO)CC(N(Cc2ccoc2)C(C)=O)C1O. The van der Waals surface area contributed by atoms with E-state index < -0.39 is 24.2 Å². The van der Waals surface area contributed by atoms with Gasteiger partial charge in [0, 0.05) is 37.6 Å². The van der Waals surface area contributed by atoms with Crippen LogP contribution < -0.4 is 14.8 Å². The van der Waals surface area contributed by atoms with E-state index in [4.69, 9.17) is 19.0 Å². The van der Waals surface area contributed by atoms with Crippen LogP contribution in [0.15, 0.2) is 46.8 Å². The molecule has 1 heterocycles. The van der Waals surface area contributed by atoms with Crippen molar-refractivity contribution < 1.29 is 38.8 Å².